The van der Waals surface area contributed by atoms with Crippen molar-refractivity contribution < 1.29 is 9.59 Å². The predicted octanol–water partition coefficient (Wildman–Crippen LogP) is 1.88. The van der Waals surface area contributed by atoms with Crippen LogP contribution in [-0.4, -0.2) is 42.3 Å². The van der Waals surface area contributed by atoms with E-state index in [9.17, 15) is 9.59 Å². The fourth-order valence-corrected chi connectivity index (χ4v) is 3.71. The van der Waals surface area contributed by atoms with Crippen LogP contribution in [0.15, 0.2) is 24.3 Å². The number of carbonyl (C=O) groups is 2. The van der Waals surface area contributed by atoms with Gasteiger partial charge in [0.2, 0.25) is 5.91 Å². The summed E-state index contributed by atoms with van der Waals surface area (Å²) < 4.78 is 0. The molecule has 1 amide bonds. The van der Waals surface area contributed by atoms with Crippen LogP contribution in [0.25, 0.3) is 0 Å². The van der Waals surface area contributed by atoms with Gasteiger partial charge in [0.25, 0.3) is 0 Å². The molecule has 4 heteroatoms. The fourth-order valence-electron chi connectivity index (χ4n) is 3.71. The number of amides is 1. The van der Waals surface area contributed by atoms with Gasteiger partial charge < -0.3 is 9.80 Å². The average molecular weight is 286 g/mol. The van der Waals surface area contributed by atoms with Crippen LogP contribution in [0.5, 0.6) is 0 Å². The maximum Gasteiger partial charge on any atom is 0.219 e. The summed E-state index contributed by atoms with van der Waals surface area (Å²) in [7, 11) is 0. The van der Waals surface area contributed by atoms with Crippen LogP contribution in [0.2, 0.25) is 0 Å². The normalized spacial score (nSPS) is 24.9. The van der Waals surface area contributed by atoms with Gasteiger partial charge in [-0.25, -0.2) is 0 Å². The summed E-state index contributed by atoms with van der Waals surface area (Å²) in [5, 5.41) is 0. The first-order chi connectivity index (χ1) is 10.1. The Morgan fingerprint density at radius 2 is 1.90 bits per heavy atom. The van der Waals surface area contributed by atoms with Crippen molar-refractivity contribution in [2.24, 2.45) is 5.92 Å². The Labute approximate surface area is 125 Å². The van der Waals surface area contributed by atoms with Crippen molar-refractivity contribution >= 4 is 17.4 Å². The van der Waals surface area contributed by atoms with Gasteiger partial charge in [-0.15, -0.1) is 0 Å². The molecule has 1 aromatic rings. The Hall–Kier alpha value is -1.84. The number of ketones is 1. The first-order valence-corrected chi connectivity index (χ1v) is 7.68. The number of rotatable bonds is 2. The number of carbonyl (C=O) groups excluding carboxylic acids is 2. The molecule has 3 rings (SSSR count). The van der Waals surface area contributed by atoms with Gasteiger partial charge in [0.05, 0.1) is 5.92 Å². The summed E-state index contributed by atoms with van der Waals surface area (Å²) in [6, 6.07) is 8.68. The van der Waals surface area contributed by atoms with Crippen molar-refractivity contribution in [3.8, 4) is 0 Å². The third-order valence-corrected chi connectivity index (χ3v) is 4.87. The molecular formula is C17H22N2O2. The highest BCUT2D eigenvalue weighted by Crippen LogP contribution is 2.34. The second-order valence-corrected chi connectivity index (χ2v) is 6.11. The fraction of sp³-hybridized carbons (Fsp3) is 0.529. The zero-order valence-electron chi connectivity index (χ0n) is 12.7. The van der Waals surface area contributed by atoms with E-state index in [1.165, 1.54) is 11.3 Å². The molecule has 2 atom stereocenters. The van der Waals surface area contributed by atoms with Crippen LogP contribution in [0, 0.1) is 5.92 Å². The second kappa shape index (κ2) is 5.51. The Morgan fingerprint density at radius 1 is 1.14 bits per heavy atom. The molecule has 0 saturated carbocycles. The van der Waals surface area contributed by atoms with E-state index in [-0.39, 0.29) is 23.7 Å². The lowest BCUT2D eigenvalue weighted by atomic mass is 9.87. The number of para-hydroxylation sites is 1. The van der Waals surface area contributed by atoms with Gasteiger partial charge in [0, 0.05) is 38.3 Å². The molecule has 112 valence electrons. The summed E-state index contributed by atoms with van der Waals surface area (Å²) in [5.41, 5.74) is 2.64. The molecule has 0 unspecified atom stereocenters. The third-order valence-electron chi connectivity index (χ3n) is 4.87. The highest BCUT2D eigenvalue weighted by atomic mass is 16.2. The third kappa shape index (κ3) is 2.55. The molecule has 2 heterocycles. The number of hydrogen-bond acceptors (Lipinski definition) is 3. The molecule has 2 aliphatic heterocycles. The van der Waals surface area contributed by atoms with Crippen LogP contribution < -0.4 is 4.90 Å². The van der Waals surface area contributed by atoms with Crippen LogP contribution in [0.3, 0.4) is 0 Å². The number of likely N-dealkylation sites (tertiary alicyclic amines) is 1. The minimum absolute atomic E-state index is 0.0709. The molecule has 1 aromatic carbocycles. The smallest absolute Gasteiger partial charge is 0.219 e. The van der Waals surface area contributed by atoms with Crippen molar-refractivity contribution in [2.75, 3.05) is 24.5 Å². The molecule has 1 fully saturated rings. The predicted molar refractivity (Wildman–Crippen MR) is 82.3 cm³/mol. The summed E-state index contributed by atoms with van der Waals surface area (Å²) >= 11 is 0. The minimum atomic E-state index is -0.0752. The lowest BCUT2D eigenvalue weighted by molar-refractivity contribution is -0.133. The van der Waals surface area contributed by atoms with Gasteiger partial charge >= 0.3 is 0 Å². The topological polar surface area (TPSA) is 40.6 Å². The first-order valence-electron chi connectivity index (χ1n) is 7.68. The Balaban J connectivity index is 1.85. The van der Waals surface area contributed by atoms with Crippen molar-refractivity contribution in [1.29, 1.82) is 0 Å². The van der Waals surface area contributed by atoms with E-state index in [0.29, 0.717) is 6.54 Å². The Bertz CT molecular complexity index is 570. The summed E-state index contributed by atoms with van der Waals surface area (Å²) in [5.74, 6) is 0.186. The quantitative estimate of drug-likeness (QED) is 0.833. The zero-order chi connectivity index (χ0) is 15.0. The van der Waals surface area contributed by atoms with Crippen molar-refractivity contribution in [3.05, 3.63) is 29.8 Å². The van der Waals surface area contributed by atoms with E-state index in [0.717, 1.165) is 25.9 Å². The van der Waals surface area contributed by atoms with Crippen LogP contribution in [0.4, 0.5) is 5.69 Å². The van der Waals surface area contributed by atoms with E-state index >= 15 is 0 Å². The highest BCUT2D eigenvalue weighted by Gasteiger charge is 2.38. The summed E-state index contributed by atoms with van der Waals surface area (Å²) in [4.78, 5) is 27.9. The van der Waals surface area contributed by atoms with Gasteiger partial charge in [-0.2, -0.15) is 0 Å². The van der Waals surface area contributed by atoms with Crippen LogP contribution >= 0.6 is 0 Å². The number of nitrogens with zero attached hydrogens (tertiary/aromatic N) is 2. The molecule has 21 heavy (non-hydrogen) atoms. The average Bonchev–Trinajstić information content (AvgIpc) is 2.90. The molecule has 0 N–H and O–H groups in total. The van der Waals surface area contributed by atoms with E-state index in [1.807, 2.05) is 4.90 Å². The summed E-state index contributed by atoms with van der Waals surface area (Å²) in [6.45, 7) is 5.54. The van der Waals surface area contributed by atoms with Crippen molar-refractivity contribution in [2.45, 2.75) is 32.7 Å². The lowest BCUT2D eigenvalue weighted by Gasteiger charge is -2.42. The number of benzene rings is 1. The molecule has 1 saturated heterocycles. The maximum atomic E-state index is 12.1. The molecular weight excluding hydrogens is 264 g/mol. The van der Waals surface area contributed by atoms with Crippen LogP contribution in [0.1, 0.15) is 25.8 Å². The molecule has 0 spiro atoms. The molecule has 0 bridgehead atoms. The Morgan fingerprint density at radius 3 is 2.62 bits per heavy atom. The van der Waals surface area contributed by atoms with Gasteiger partial charge in [-0.3, -0.25) is 9.59 Å². The lowest BCUT2D eigenvalue weighted by Crippen LogP contribution is -2.54. The number of anilines is 1. The number of piperidine rings is 1. The SMILES string of the molecule is CC(=O)[C@H]1CN(C(C)=O)CC[C@@H]1N1CCc2ccccc21. The molecule has 0 radical (unpaired) electrons. The van der Waals surface area contributed by atoms with Crippen molar-refractivity contribution in [1.82, 2.24) is 4.90 Å². The Kier molecular flexibility index (Phi) is 3.70. The largest absolute Gasteiger partial charge is 0.367 e. The monoisotopic (exact) mass is 286 g/mol. The minimum Gasteiger partial charge on any atom is -0.367 e. The molecule has 2 aliphatic rings. The second-order valence-electron chi connectivity index (χ2n) is 6.11. The summed E-state index contributed by atoms with van der Waals surface area (Å²) in [6.07, 6.45) is 1.92. The number of Topliss-reactive ketones (excluding diaryl/α,β-unsaturated/α-hetero) is 1. The molecule has 0 aromatic heterocycles. The number of hydrogen-bond donors (Lipinski definition) is 0. The maximum absolute atomic E-state index is 12.1. The van der Waals surface area contributed by atoms with E-state index in [4.69, 9.17) is 0 Å². The van der Waals surface area contributed by atoms with Gasteiger partial charge in [-0.1, -0.05) is 18.2 Å². The van der Waals surface area contributed by atoms with Crippen LogP contribution in [-0.2, 0) is 16.0 Å². The first kappa shape index (κ1) is 14.1. The zero-order valence-corrected chi connectivity index (χ0v) is 12.7. The molecule has 0 aliphatic carbocycles. The number of fused-ring (bicyclic) bond motifs is 1. The highest BCUT2D eigenvalue weighted by molar-refractivity contribution is 5.82. The van der Waals surface area contributed by atoms with Gasteiger partial charge in [0.1, 0.15) is 5.78 Å². The van der Waals surface area contributed by atoms with Gasteiger partial charge in [-0.05, 0) is 31.4 Å². The van der Waals surface area contributed by atoms with E-state index in [2.05, 4.69) is 29.2 Å². The van der Waals surface area contributed by atoms with E-state index < -0.39 is 0 Å². The molecule has 4 nitrogen and oxygen atoms in total. The van der Waals surface area contributed by atoms with Crippen molar-refractivity contribution in [3.63, 3.8) is 0 Å². The van der Waals surface area contributed by atoms with Gasteiger partial charge in [0.15, 0.2) is 0 Å². The van der Waals surface area contributed by atoms with E-state index in [1.54, 1.807) is 13.8 Å². The standard InChI is InChI=1S/C17H22N2O2/c1-12(20)15-11-18(13(2)21)9-8-17(15)19-10-7-14-5-3-4-6-16(14)19/h3-6,15,17H,7-11H2,1-2H3/t15-,17+/m1/s1.